The fourth-order valence-electron chi connectivity index (χ4n) is 0.914. The van der Waals surface area contributed by atoms with E-state index >= 15 is 0 Å². The number of rotatable bonds is 2. The lowest BCUT2D eigenvalue weighted by molar-refractivity contribution is 0.111. The van der Waals surface area contributed by atoms with E-state index in [4.69, 9.17) is 5.11 Å². The minimum Gasteiger partial charge on any atom is -0.400 e. The number of aryl methyl sites for hydroxylation is 2. The van der Waals surface area contributed by atoms with Crippen molar-refractivity contribution in [3.05, 3.63) is 17.5 Å². The highest BCUT2D eigenvalue weighted by atomic mass is 16.2. The third kappa shape index (κ3) is 2.47. The highest BCUT2D eigenvalue weighted by Gasteiger charge is 1.99. The first-order valence-corrected chi connectivity index (χ1v) is 3.72. The molecule has 0 saturated heterocycles. The number of nitrogens with zero attached hydrogens (tertiary/aromatic N) is 2. The normalized spacial score (nSPS) is 8.67. The van der Waals surface area contributed by atoms with Crippen molar-refractivity contribution < 1.29 is 9.90 Å². The van der Waals surface area contributed by atoms with E-state index in [-0.39, 0.29) is 0 Å². The zero-order chi connectivity index (χ0) is 9.56. The van der Waals surface area contributed by atoms with E-state index in [1.807, 2.05) is 13.8 Å². The van der Waals surface area contributed by atoms with Crippen molar-refractivity contribution >= 4 is 6.29 Å². The van der Waals surface area contributed by atoms with E-state index in [1.54, 1.807) is 10.7 Å². The zero-order valence-corrected chi connectivity index (χ0v) is 7.61. The van der Waals surface area contributed by atoms with Crippen LogP contribution < -0.4 is 0 Å². The molecule has 4 heteroatoms. The lowest BCUT2D eigenvalue weighted by atomic mass is 10.4. The Balaban J connectivity index is 0.000000561. The molecule has 68 valence electrons. The Bertz CT molecular complexity index is 243. The van der Waals surface area contributed by atoms with Crippen LogP contribution in [0, 0.1) is 6.92 Å². The molecule has 1 rings (SSSR count). The molecule has 0 aliphatic heterocycles. The molecule has 1 heterocycles. The van der Waals surface area contributed by atoms with Crippen molar-refractivity contribution in [3.63, 3.8) is 0 Å². The van der Waals surface area contributed by atoms with Gasteiger partial charge < -0.3 is 5.11 Å². The van der Waals surface area contributed by atoms with Crippen LogP contribution in [0.4, 0.5) is 0 Å². The summed E-state index contributed by atoms with van der Waals surface area (Å²) in [7, 11) is 1.00. The predicted octanol–water partition coefficient (Wildman–Crippen LogP) is 0.632. The lowest BCUT2D eigenvalue weighted by Crippen LogP contribution is -2.00. The molecule has 0 fully saturated rings. The molecule has 0 aromatic carbocycles. The van der Waals surface area contributed by atoms with Gasteiger partial charge in [-0.1, -0.05) is 0 Å². The van der Waals surface area contributed by atoms with Crippen LogP contribution in [0.15, 0.2) is 6.07 Å². The first-order chi connectivity index (χ1) is 5.77. The van der Waals surface area contributed by atoms with E-state index in [2.05, 4.69) is 5.10 Å². The molecule has 0 bridgehead atoms. The molecule has 1 aromatic rings. The summed E-state index contributed by atoms with van der Waals surface area (Å²) in [4.78, 5) is 10.3. The maximum atomic E-state index is 10.3. The molecular formula is C8H14N2O2. The summed E-state index contributed by atoms with van der Waals surface area (Å²) >= 11 is 0. The van der Waals surface area contributed by atoms with Gasteiger partial charge in [0.05, 0.1) is 5.69 Å². The van der Waals surface area contributed by atoms with Crippen LogP contribution in [-0.4, -0.2) is 28.3 Å². The maximum absolute atomic E-state index is 10.3. The van der Waals surface area contributed by atoms with Crippen LogP contribution in [0.25, 0.3) is 0 Å². The van der Waals surface area contributed by atoms with Crippen LogP contribution in [-0.2, 0) is 6.54 Å². The largest absolute Gasteiger partial charge is 0.400 e. The maximum Gasteiger partial charge on any atom is 0.168 e. The van der Waals surface area contributed by atoms with Crippen molar-refractivity contribution in [2.24, 2.45) is 0 Å². The van der Waals surface area contributed by atoms with Crippen molar-refractivity contribution in [3.8, 4) is 0 Å². The van der Waals surface area contributed by atoms with Crippen LogP contribution >= 0.6 is 0 Å². The smallest absolute Gasteiger partial charge is 0.168 e. The van der Waals surface area contributed by atoms with E-state index < -0.39 is 0 Å². The average Bonchev–Trinajstić information content (AvgIpc) is 2.49. The Morgan fingerprint density at radius 3 is 2.58 bits per heavy atom. The van der Waals surface area contributed by atoms with E-state index in [0.29, 0.717) is 5.69 Å². The van der Waals surface area contributed by atoms with Gasteiger partial charge in [-0.2, -0.15) is 5.10 Å². The van der Waals surface area contributed by atoms with Crippen molar-refractivity contribution in [2.75, 3.05) is 7.11 Å². The molecule has 1 aromatic heterocycles. The minimum atomic E-state index is 0.653. The summed E-state index contributed by atoms with van der Waals surface area (Å²) in [5, 5.41) is 11.1. The summed E-state index contributed by atoms with van der Waals surface area (Å²) < 4.78 is 1.68. The Labute approximate surface area is 71.8 Å². The summed E-state index contributed by atoms with van der Waals surface area (Å²) in [5.41, 5.74) is 1.55. The predicted molar refractivity (Wildman–Crippen MR) is 46.2 cm³/mol. The highest BCUT2D eigenvalue weighted by Crippen LogP contribution is 1.99. The van der Waals surface area contributed by atoms with Crippen LogP contribution in [0.5, 0.6) is 0 Å². The Kier molecular flexibility index (Phi) is 4.96. The Morgan fingerprint density at radius 2 is 2.25 bits per heavy atom. The number of hydrogen-bond acceptors (Lipinski definition) is 3. The number of hydrogen-bond donors (Lipinski definition) is 1. The van der Waals surface area contributed by atoms with Gasteiger partial charge >= 0.3 is 0 Å². The summed E-state index contributed by atoms with van der Waals surface area (Å²) in [5.74, 6) is 0. The van der Waals surface area contributed by atoms with Gasteiger partial charge in [-0.25, -0.2) is 0 Å². The van der Waals surface area contributed by atoms with Gasteiger partial charge in [0.25, 0.3) is 0 Å². The Hall–Kier alpha value is -1.16. The molecule has 0 atom stereocenters. The highest BCUT2D eigenvalue weighted by molar-refractivity contribution is 5.72. The molecule has 0 amide bonds. The van der Waals surface area contributed by atoms with Gasteiger partial charge in [-0.15, -0.1) is 0 Å². The van der Waals surface area contributed by atoms with E-state index in [0.717, 1.165) is 25.6 Å². The second-order valence-electron chi connectivity index (χ2n) is 2.14. The SMILES string of the molecule is CCn1nc(C)cc1C=O.CO. The standard InChI is InChI=1S/C7H10N2O.CH4O/c1-3-9-7(5-10)4-6(2)8-9;1-2/h4-5H,3H2,1-2H3;2H,1H3. The molecule has 0 spiro atoms. The zero-order valence-electron chi connectivity index (χ0n) is 7.61. The Morgan fingerprint density at radius 1 is 1.67 bits per heavy atom. The second-order valence-corrected chi connectivity index (χ2v) is 2.14. The van der Waals surface area contributed by atoms with Gasteiger partial charge in [0.2, 0.25) is 0 Å². The molecule has 12 heavy (non-hydrogen) atoms. The first kappa shape index (κ1) is 10.8. The molecule has 1 N–H and O–H groups in total. The average molecular weight is 170 g/mol. The van der Waals surface area contributed by atoms with Gasteiger partial charge in [0.1, 0.15) is 5.69 Å². The molecule has 0 radical (unpaired) electrons. The fourth-order valence-corrected chi connectivity index (χ4v) is 0.914. The number of aromatic nitrogens is 2. The molecule has 0 saturated carbocycles. The minimum absolute atomic E-state index is 0.653. The van der Waals surface area contributed by atoms with Gasteiger partial charge in [-0.3, -0.25) is 9.48 Å². The third-order valence-electron chi connectivity index (χ3n) is 1.35. The molecule has 4 nitrogen and oxygen atoms in total. The monoisotopic (exact) mass is 170 g/mol. The van der Waals surface area contributed by atoms with Crippen LogP contribution in [0.2, 0.25) is 0 Å². The van der Waals surface area contributed by atoms with Crippen LogP contribution in [0.1, 0.15) is 23.1 Å². The third-order valence-corrected chi connectivity index (χ3v) is 1.35. The number of aliphatic hydroxyl groups excluding tert-OH is 1. The summed E-state index contributed by atoms with van der Waals surface area (Å²) in [6, 6.07) is 1.77. The van der Waals surface area contributed by atoms with Crippen molar-refractivity contribution in [1.82, 2.24) is 9.78 Å². The van der Waals surface area contributed by atoms with Gasteiger partial charge in [0.15, 0.2) is 6.29 Å². The quantitative estimate of drug-likeness (QED) is 0.662. The summed E-state index contributed by atoms with van der Waals surface area (Å²) in [6.07, 6.45) is 0.823. The van der Waals surface area contributed by atoms with Gasteiger partial charge in [0, 0.05) is 13.7 Å². The molecule has 0 aliphatic carbocycles. The summed E-state index contributed by atoms with van der Waals surface area (Å²) in [6.45, 7) is 4.58. The number of aliphatic hydroxyl groups is 1. The van der Waals surface area contributed by atoms with Crippen molar-refractivity contribution in [1.29, 1.82) is 0 Å². The molecule has 0 unspecified atom stereocenters. The lowest BCUT2D eigenvalue weighted by Gasteiger charge is -1.94. The van der Waals surface area contributed by atoms with Gasteiger partial charge in [-0.05, 0) is 19.9 Å². The molecular weight excluding hydrogens is 156 g/mol. The number of carbonyl (C=O) groups is 1. The topological polar surface area (TPSA) is 55.1 Å². The second kappa shape index (κ2) is 5.49. The fraction of sp³-hybridized carbons (Fsp3) is 0.500. The van der Waals surface area contributed by atoms with E-state index in [1.165, 1.54) is 0 Å². The van der Waals surface area contributed by atoms with Crippen LogP contribution in [0.3, 0.4) is 0 Å². The first-order valence-electron chi connectivity index (χ1n) is 3.72. The van der Waals surface area contributed by atoms with E-state index in [9.17, 15) is 4.79 Å². The molecule has 0 aliphatic rings. The number of carbonyl (C=O) groups excluding carboxylic acids is 1. The number of aldehydes is 1. The van der Waals surface area contributed by atoms with Crippen molar-refractivity contribution in [2.45, 2.75) is 20.4 Å².